The standard InChI is InChI=1S/C17H22FN5O.ClH/c1-12(14-5-3-4-6-15(14)18)22(2)17(24)16-11-23(21-20-16)13-7-9-19-10-8-13;/h3-6,11-13,19H,7-10H2,1-2H3;1H. The first-order valence-corrected chi connectivity index (χ1v) is 8.22. The van der Waals surface area contributed by atoms with E-state index in [0.717, 1.165) is 25.9 Å². The molecule has 1 atom stereocenters. The van der Waals surface area contributed by atoms with Gasteiger partial charge in [-0.3, -0.25) is 4.79 Å². The first-order valence-electron chi connectivity index (χ1n) is 8.22. The van der Waals surface area contributed by atoms with Crippen molar-refractivity contribution in [2.24, 2.45) is 0 Å². The third-order valence-electron chi connectivity index (χ3n) is 4.67. The Balaban J connectivity index is 0.00000225. The van der Waals surface area contributed by atoms with Gasteiger partial charge in [-0.1, -0.05) is 23.4 Å². The fraction of sp³-hybridized carbons (Fsp3) is 0.471. The van der Waals surface area contributed by atoms with Crippen LogP contribution in [0.1, 0.15) is 47.9 Å². The Morgan fingerprint density at radius 1 is 1.36 bits per heavy atom. The predicted octanol–water partition coefficient (Wildman–Crippen LogP) is 2.60. The summed E-state index contributed by atoms with van der Waals surface area (Å²) >= 11 is 0. The molecule has 0 saturated carbocycles. The maximum absolute atomic E-state index is 13.9. The van der Waals surface area contributed by atoms with Gasteiger partial charge in [0, 0.05) is 12.6 Å². The molecule has 1 aromatic carbocycles. The smallest absolute Gasteiger partial charge is 0.276 e. The lowest BCUT2D eigenvalue weighted by molar-refractivity contribution is 0.0734. The lowest BCUT2D eigenvalue weighted by atomic mass is 10.1. The molecule has 0 spiro atoms. The summed E-state index contributed by atoms with van der Waals surface area (Å²) < 4.78 is 15.7. The van der Waals surface area contributed by atoms with Gasteiger partial charge in [-0.05, 0) is 38.9 Å². The zero-order valence-corrected chi connectivity index (χ0v) is 15.2. The van der Waals surface area contributed by atoms with Crippen molar-refractivity contribution in [3.8, 4) is 0 Å². The fourth-order valence-corrected chi connectivity index (χ4v) is 3.00. The molecule has 0 bridgehead atoms. The number of rotatable bonds is 4. The molecule has 1 aromatic heterocycles. The SMILES string of the molecule is CC(c1ccccc1F)N(C)C(=O)c1cn(C2CCNCC2)nn1.Cl. The van der Waals surface area contributed by atoms with Crippen LogP contribution in [-0.4, -0.2) is 45.9 Å². The van der Waals surface area contributed by atoms with Gasteiger partial charge in [-0.15, -0.1) is 17.5 Å². The summed E-state index contributed by atoms with van der Waals surface area (Å²) in [4.78, 5) is 14.1. The molecule has 6 nitrogen and oxygen atoms in total. The summed E-state index contributed by atoms with van der Waals surface area (Å²) in [6, 6.07) is 6.38. The molecule has 0 radical (unpaired) electrons. The van der Waals surface area contributed by atoms with E-state index in [2.05, 4.69) is 15.6 Å². The Labute approximate surface area is 152 Å². The third kappa shape index (κ3) is 4.16. The molecule has 1 unspecified atom stereocenters. The molecule has 25 heavy (non-hydrogen) atoms. The van der Waals surface area contributed by atoms with E-state index in [1.54, 1.807) is 43.0 Å². The van der Waals surface area contributed by atoms with Crippen LogP contribution >= 0.6 is 12.4 Å². The molecule has 1 amide bonds. The zero-order chi connectivity index (χ0) is 17.1. The number of carbonyl (C=O) groups excluding carboxylic acids is 1. The van der Waals surface area contributed by atoms with E-state index in [4.69, 9.17) is 0 Å². The van der Waals surface area contributed by atoms with Gasteiger partial charge < -0.3 is 10.2 Å². The average molecular weight is 368 g/mol. The number of aromatic nitrogens is 3. The Bertz CT molecular complexity index is 717. The number of halogens is 2. The van der Waals surface area contributed by atoms with Crippen LogP contribution in [0.3, 0.4) is 0 Å². The van der Waals surface area contributed by atoms with E-state index in [9.17, 15) is 9.18 Å². The van der Waals surface area contributed by atoms with Crippen LogP contribution in [0.15, 0.2) is 30.5 Å². The minimum atomic E-state index is -0.386. The van der Waals surface area contributed by atoms with Crippen molar-refractivity contribution in [3.05, 3.63) is 47.5 Å². The van der Waals surface area contributed by atoms with Gasteiger partial charge in [0.05, 0.1) is 18.3 Å². The minimum absolute atomic E-state index is 0. The number of carbonyl (C=O) groups is 1. The topological polar surface area (TPSA) is 63.1 Å². The zero-order valence-electron chi connectivity index (χ0n) is 14.4. The van der Waals surface area contributed by atoms with Gasteiger partial charge in [-0.25, -0.2) is 9.07 Å². The molecular weight excluding hydrogens is 345 g/mol. The highest BCUT2D eigenvalue weighted by Crippen LogP contribution is 2.23. The Kier molecular flexibility index (Phi) is 6.50. The first kappa shape index (κ1) is 19.3. The lowest BCUT2D eigenvalue weighted by Crippen LogP contribution is -2.30. The van der Waals surface area contributed by atoms with Gasteiger partial charge in [0.2, 0.25) is 0 Å². The number of hydrogen-bond donors (Lipinski definition) is 1. The van der Waals surface area contributed by atoms with E-state index < -0.39 is 0 Å². The number of nitrogens with zero attached hydrogens (tertiary/aromatic N) is 4. The van der Waals surface area contributed by atoms with Crippen LogP contribution in [0.5, 0.6) is 0 Å². The normalized spacial score (nSPS) is 16.1. The second kappa shape index (κ2) is 8.40. The molecule has 1 fully saturated rings. The van der Waals surface area contributed by atoms with Crippen molar-refractivity contribution in [3.63, 3.8) is 0 Å². The number of benzene rings is 1. The van der Waals surface area contributed by atoms with Gasteiger partial charge in [0.15, 0.2) is 5.69 Å². The molecule has 3 rings (SSSR count). The fourth-order valence-electron chi connectivity index (χ4n) is 3.00. The number of amides is 1. The highest BCUT2D eigenvalue weighted by molar-refractivity contribution is 5.92. The van der Waals surface area contributed by atoms with E-state index in [1.165, 1.54) is 11.0 Å². The Morgan fingerprint density at radius 3 is 2.72 bits per heavy atom. The second-order valence-corrected chi connectivity index (χ2v) is 6.18. The van der Waals surface area contributed by atoms with Gasteiger partial charge >= 0.3 is 0 Å². The molecule has 2 aromatic rings. The summed E-state index contributed by atoms with van der Waals surface area (Å²) in [5.74, 6) is -0.575. The first-order chi connectivity index (χ1) is 11.6. The third-order valence-corrected chi connectivity index (χ3v) is 4.67. The van der Waals surface area contributed by atoms with Crippen molar-refractivity contribution in [1.82, 2.24) is 25.2 Å². The minimum Gasteiger partial charge on any atom is -0.333 e. The highest BCUT2D eigenvalue weighted by Gasteiger charge is 2.24. The van der Waals surface area contributed by atoms with E-state index in [1.807, 2.05) is 0 Å². The molecule has 2 heterocycles. The molecule has 136 valence electrons. The Morgan fingerprint density at radius 2 is 2.04 bits per heavy atom. The molecule has 1 aliphatic heterocycles. The van der Waals surface area contributed by atoms with Crippen LogP contribution in [0.4, 0.5) is 4.39 Å². The summed E-state index contributed by atoms with van der Waals surface area (Å²) in [5, 5.41) is 11.4. The van der Waals surface area contributed by atoms with Gasteiger partial charge in [0.1, 0.15) is 5.82 Å². The summed E-state index contributed by atoms with van der Waals surface area (Å²) in [6.07, 6.45) is 3.64. The molecule has 1 N–H and O–H groups in total. The summed E-state index contributed by atoms with van der Waals surface area (Å²) in [6.45, 7) is 3.68. The summed E-state index contributed by atoms with van der Waals surface area (Å²) in [7, 11) is 1.66. The monoisotopic (exact) mass is 367 g/mol. The van der Waals surface area contributed by atoms with E-state index >= 15 is 0 Å². The predicted molar refractivity (Wildman–Crippen MR) is 95.3 cm³/mol. The van der Waals surface area contributed by atoms with Crippen LogP contribution in [0, 0.1) is 5.82 Å². The molecule has 1 aliphatic rings. The molecule has 1 saturated heterocycles. The maximum Gasteiger partial charge on any atom is 0.276 e. The van der Waals surface area contributed by atoms with Crippen molar-refractivity contribution in [2.45, 2.75) is 31.8 Å². The Hall–Kier alpha value is -1.99. The van der Waals surface area contributed by atoms with Crippen molar-refractivity contribution in [2.75, 3.05) is 20.1 Å². The largest absolute Gasteiger partial charge is 0.333 e. The van der Waals surface area contributed by atoms with Crippen molar-refractivity contribution in [1.29, 1.82) is 0 Å². The maximum atomic E-state index is 13.9. The van der Waals surface area contributed by atoms with Gasteiger partial charge in [-0.2, -0.15) is 0 Å². The van der Waals surface area contributed by atoms with Crippen LogP contribution in [0.25, 0.3) is 0 Å². The van der Waals surface area contributed by atoms with Gasteiger partial charge in [0.25, 0.3) is 5.91 Å². The van der Waals surface area contributed by atoms with E-state index in [0.29, 0.717) is 11.3 Å². The average Bonchev–Trinajstić information content (AvgIpc) is 3.11. The molecular formula is C17H23ClFN5O. The lowest BCUT2D eigenvalue weighted by Gasteiger charge is -2.25. The van der Waals surface area contributed by atoms with Crippen LogP contribution in [0.2, 0.25) is 0 Å². The van der Waals surface area contributed by atoms with Crippen LogP contribution < -0.4 is 5.32 Å². The number of nitrogens with one attached hydrogen (secondary N) is 1. The summed E-state index contributed by atoms with van der Waals surface area (Å²) in [5.41, 5.74) is 0.776. The van der Waals surface area contributed by atoms with Crippen molar-refractivity contribution < 1.29 is 9.18 Å². The highest BCUT2D eigenvalue weighted by atomic mass is 35.5. The second-order valence-electron chi connectivity index (χ2n) is 6.18. The van der Waals surface area contributed by atoms with E-state index in [-0.39, 0.29) is 36.2 Å². The quantitative estimate of drug-likeness (QED) is 0.902. The molecule has 0 aliphatic carbocycles. The molecule has 8 heteroatoms. The van der Waals surface area contributed by atoms with Crippen molar-refractivity contribution >= 4 is 18.3 Å². The number of piperidine rings is 1. The van der Waals surface area contributed by atoms with Crippen LogP contribution in [-0.2, 0) is 0 Å². The number of hydrogen-bond acceptors (Lipinski definition) is 4.